The average Bonchev–Trinajstić information content (AvgIpc) is 2.15. The first kappa shape index (κ1) is 14.6. The number of ketones is 1. The van der Waals surface area contributed by atoms with Crippen LogP contribution in [0.25, 0.3) is 0 Å². The molecule has 0 rings (SSSR count). The van der Waals surface area contributed by atoms with E-state index in [0.717, 1.165) is 18.8 Å². The molecular weight excluding hydrogens is 188 g/mol. The molecule has 2 heteroatoms. The molecule has 0 aliphatic heterocycles. The van der Waals surface area contributed by atoms with E-state index in [0.29, 0.717) is 6.42 Å². The third kappa shape index (κ3) is 7.55. The Kier molecular flexibility index (Phi) is 7.67. The predicted molar refractivity (Wildman–Crippen MR) is 63.8 cm³/mol. The summed E-state index contributed by atoms with van der Waals surface area (Å²) in [4.78, 5) is 11.4. The van der Waals surface area contributed by atoms with Gasteiger partial charge in [-0.3, -0.25) is 4.79 Å². The summed E-state index contributed by atoms with van der Waals surface area (Å²) in [5.41, 5.74) is 0. The molecule has 0 heterocycles. The lowest BCUT2D eigenvalue weighted by molar-refractivity contribution is -0.130. The average molecular weight is 214 g/mol. The Balaban J connectivity index is 3.47. The summed E-state index contributed by atoms with van der Waals surface area (Å²) < 4.78 is 0. The van der Waals surface area contributed by atoms with Gasteiger partial charge in [0.1, 0.15) is 6.10 Å². The number of unbranched alkanes of at least 4 members (excludes halogenated alkanes) is 2. The first-order valence-electron chi connectivity index (χ1n) is 6.17. The van der Waals surface area contributed by atoms with Crippen molar-refractivity contribution in [2.45, 2.75) is 65.9 Å². The number of hydrogen-bond acceptors (Lipinski definition) is 2. The molecule has 0 aromatic rings. The number of carbonyl (C=O) groups is 1. The van der Waals surface area contributed by atoms with Crippen LogP contribution in [-0.2, 0) is 4.79 Å². The van der Waals surface area contributed by atoms with Gasteiger partial charge in [0.2, 0.25) is 0 Å². The monoisotopic (exact) mass is 214 g/mol. The van der Waals surface area contributed by atoms with Crippen LogP contribution in [0.4, 0.5) is 0 Å². The molecule has 1 N–H and O–H groups in total. The zero-order valence-electron chi connectivity index (χ0n) is 10.6. The molecule has 0 bridgehead atoms. The van der Waals surface area contributed by atoms with E-state index in [1.807, 2.05) is 13.8 Å². The summed E-state index contributed by atoms with van der Waals surface area (Å²) in [5.74, 6) is 0.696. The maximum Gasteiger partial charge on any atom is 0.163 e. The fourth-order valence-electron chi connectivity index (χ4n) is 1.59. The minimum absolute atomic E-state index is 0.0149. The summed E-state index contributed by atoms with van der Waals surface area (Å²) in [6.45, 7) is 8.11. The van der Waals surface area contributed by atoms with Crippen LogP contribution in [0.3, 0.4) is 0 Å². The highest BCUT2D eigenvalue weighted by Gasteiger charge is 2.17. The zero-order chi connectivity index (χ0) is 11.8. The van der Waals surface area contributed by atoms with Gasteiger partial charge in [0.05, 0.1) is 0 Å². The molecule has 1 unspecified atom stereocenters. The molecule has 0 aliphatic carbocycles. The molecular formula is C13H26O2. The van der Waals surface area contributed by atoms with Gasteiger partial charge in [0, 0.05) is 5.92 Å². The highest BCUT2D eigenvalue weighted by atomic mass is 16.3. The molecule has 0 spiro atoms. The Labute approximate surface area is 94.1 Å². The van der Waals surface area contributed by atoms with E-state index in [1.54, 1.807) is 0 Å². The highest BCUT2D eigenvalue weighted by Crippen LogP contribution is 2.12. The standard InChI is InChI=1S/C13H26O2/c1-10(2)8-6-5-7-9-12(14)13(15)11(3)4/h10-12,14H,5-9H2,1-4H3. The number of hydrogen-bond donors (Lipinski definition) is 1. The molecule has 0 aromatic carbocycles. The number of Topliss-reactive ketones (excluding diaryl/α,β-unsaturated/α-hetero) is 1. The summed E-state index contributed by atoms with van der Waals surface area (Å²) in [6, 6.07) is 0. The van der Waals surface area contributed by atoms with Crippen molar-refractivity contribution in [3.8, 4) is 0 Å². The number of aliphatic hydroxyl groups excluding tert-OH is 1. The van der Waals surface area contributed by atoms with Crippen molar-refractivity contribution >= 4 is 5.78 Å². The normalized spacial score (nSPS) is 13.5. The van der Waals surface area contributed by atoms with Gasteiger partial charge in [-0.25, -0.2) is 0 Å². The molecule has 0 radical (unpaired) electrons. The predicted octanol–water partition coefficient (Wildman–Crippen LogP) is 3.18. The second kappa shape index (κ2) is 7.86. The molecule has 0 saturated carbocycles. The van der Waals surface area contributed by atoms with E-state index in [4.69, 9.17) is 0 Å². The first-order chi connectivity index (χ1) is 6.95. The van der Waals surface area contributed by atoms with Crippen molar-refractivity contribution in [3.63, 3.8) is 0 Å². The van der Waals surface area contributed by atoms with Crippen molar-refractivity contribution in [1.29, 1.82) is 0 Å². The Hall–Kier alpha value is -0.370. The van der Waals surface area contributed by atoms with Gasteiger partial charge in [-0.15, -0.1) is 0 Å². The Morgan fingerprint density at radius 1 is 1.00 bits per heavy atom. The third-order valence-corrected chi connectivity index (χ3v) is 2.66. The molecule has 2 nitrogen and oxygen atoms in total. The second-order valence-corrected chi connectivity index (χ2v) is 5.10. The van der Waals surface area contributed by atoms with Crippen LogP contribution in [0.1, 0.15) is 59.8 Å². The highest BCUT2D eigenvalue weighted by molar-refractivity contribution is 5.84. The zero-order valence-corrected chi connectivity index (χ0v) is 10.6. The lowest BCUT2D eigenvalue weighted by Gasteiger charge is -2.11. The Morgan fingerprint density at radius 2 is 1.53 bits per heavy atom. The van der Waals surface area contributed by atoms with Gasteiger partial charge < -0.3 is 5.11 Å². The number of carbonyl (C=O) groups excluding carboxylic acids is 1. The maximum absolute atomic E-state index is 11.4. The van der Waals surface area contributed by atoms with Crippen molar-refractivity contribution in [1.82, 2.24) is 0 Å². The van der Waals surface area contributed by atoms with Crippen LogP contribution in [0.5, 0.6) is 0 Å². The third-order valence-electron chi connectivity index (χ3n) is 2.66. The van der Waals surface area contributed by atoms with Gasteiger partial charge >= 0.3 is 0 Å². The quantitative estimate of drug-likeness (QED) is 0.630. The Bertz CT molecular complexity index is 173. The van der Waals surface area contributed by atoms with E-state index in [-0.39, 0.29) is 11.7 Å². The van der Waals surface area contributed by atoms with Gasteiger partial charge in [-0.1, -0.05) is 53.4 Å². The second-order valence-electron chi connectivity index (χ2n) is 5.10. The molecule has 0 amide bonds. The summed E-state index contributed by atoms with van der Waals surface area (Å²) in [6.07, 6.45) is 4.44. The van der Waals surface area contributed by atoms with E-state index in [1.165, 1.54) is 12.8 Å². The van der Waals surface area contributed by atoms with Crippen molar-refractivity contribution in [3.05, 3.63) is 0 Å². The van der Waals surface area contributed by atoms with Gasteiger partial charge in [0.25, 0.3) is 0 Å². The summed E-state index contributed by atoms with van der Waals surface area (Å²) >= 11 is 0. The van der Waals surface area contributed by atoms with Gasteiger partial charge in [0.15, 0.2) is 5.78 Å². The van der Waals surface area contributed by atoms with Crippen LogP contribution in [-0.4, -0.2) is 17.0 Å². The smallest absolute Gasteiger partial charge is 0.163 e. The fourth-order valence-corrected chi connectivity index (χ4v) is 1.59. The molecule has 1 atom stereocenters. The van der Waals surface area contributed by atoms with Crippen molar-refractivity contribution < 1.29 is 9.90 Å². The first-order valence-corrected chi connectivity index (χ1v) is 6.17. The van der Waals surface area contributed by atoms with Gasteiger partial charge in [-0.05, 0) is 12.3 Å². The minimum atomic E-state index is -0.732. The van der Waals surface area contributed by atoms with E-state index < -0.39 is 6.10 Å². The SMILES string of the molecule is CC(C)CCCCCC(O)C(=O)C(C)C. The van der Waals surface area contributed by atoms with Crippen LogP contribution in [0.2, 0.25) is 0 Å². The number of rotatable bonds is 8. The van der Waals surface area contributed by atoms with Crippen LogP contribution in [0.15, 0.2) is 0 Å². The molecule has 0 saturated heterocycles. The van der Waals surface area contributed by atoms with E-state index in [9.17, 15) is 9.90 Å². The lowest BCUT2D eigenvalue weighted by atomic mass is 9.98. The van der Waals surface area contributed by atoms with Crippen LogP contribution < -0.4 is 0 Å². The van der Waals surface area contributed by atoms with E-state index in [2.05, 4.69) is 13.8 Å². The maximum atomic E-state index is 11.4. The topological polar surface area (TPSA) is 37.3 Å². The summed E-state index contributed by atoms with van der Waals surface area (Å²) in [7, 11) is 0. The molecule has 0 aliphatic rings. The molecule has 15 heavy (non-hydrogen) atoms. The molecule has 0 fully saturated rings. The summed E-state index contributed by atoms with van der Waals surface area (Å²) in [5, 5.41) is 9.55. The van der Waals surface area contributed by atoms with E-state index >= 15 is 0 Å². The largest absolute Gasteiger partial charge is 0.385 e. The van der Waals surface area contributed by atoms with Gasteiger partial charge in [-0.2, -0.15) is 0 Å². The lowest BCUT2D eigenvalue weighted by Crippen LogP contribution is -2.24. The van der Waals surface area contributed by atoms with Crippen LogP contribution in [0, 0.1) is 11.8 Å². The Morgan fingerprint density at radius 3 is 2.00 bits per heavy atom. The molecule has 90 valence electrons. The number of aliphatic hydroxyl groups is 1. The fraction of sp³-hybridized carbons (Fsp3) is 0.923. The molecule has 0 aromatic heterocycles. The van der Waals surface area contributed by atoms with Crippen molar-refractivity contribution in [2.24, 2.45) is 11.8 Å². The van der Waals surface area contributed by atoms with Crippen molar-refractivity contribution in [2.75, 3.05) is 0 Å². The minimum Gasteiger partial charge on any atom is -0.385 e. The van der Waals surface area contributed by atoms with Crippen LogP contribution >= 0.6 is 0 Å².